The zero-order chi connectivity index (χ0) is 25.9. The van der Waals surface area contributed by atoms with Gasteiger partial charge in [0.1, 0.15) is 22.9 Å². The molecule has 2 saturated heterocycles. The van der Waals surface area contributed by atoms with Gasteiger partial charge < -0.3 is 25.5 Å². The van der Waals surface area contributed by atoms with Crippen LogP contribution in [0.15, 0.2) is 54.7 Å². The number of carbonyl (C=O) groups is 3. The van der Waals surface area contributed by atoms with Crippen molar-refractivity contribution in [2.24, 2.45) is 5.41 Å². The number of amides is 2. The zero-order valence-electron chi connectivity index (χ0n) is 21.1. The van der Waals surface area contributed by atoms with E-state index in [2.05, 4.69) is 25.6 Å². The molecule has 0 saturated carbocycles. The first kappa shape index (κ1) is 23.4. The number of hydrogen-bond acceptors (Lipinski definition) is 5. The summed E-state index contributed by atoms with van der Waals surface area (Å²) in [6, 6.07) is 14.2. The SMILES string of the molecule is CC(C)(C)[C@H](NC(=O)c1cc2ccccc2[nH]1)C(=O)N1C[C@@H]2C[C@@]1(C(=O)c1cc3cccnc3[nH]1)CN2. The fourth-order valence-corrected chi connectivity index (χ4v) is 5.73. The van der Waals surface area contributed by atoms with Gasteiger partial charge in [-0.1, -0.05) is 39.0 Å². The number of H-pyrrole nitrogens is 2. The predicted octanol–water partition coefficient (Wildman–Crippen LogP) is 3.01. The number of nitrogens with zero attached hydrogens (tertiary/aromatic N) is 2. The maximum Gasteiger partial charge on any atom is 0.268 e. The molecule has 2 amide bonds. The first-order chi connectivity index (χ1) is 17.7. The first-order valence-corrected chi connectivity index (χ1v) is 12.6. The molecule has 4 N–H and O–H groups in total. The molecule has 2 fully saturated rings. The average Bonchev–Trinajstić information content (AvgIpc) is 3.66. The Morgan fingerprint density at radius 1 is 1.05 bits per heavy atom. The number of carbonyl (C=O) groups excluding carboxylic acids is 3. The van der Waals surface area contributed by atoms with Crippen molar-refractivity contribution in [3.8, 4) is 0 Å². The lowest BCUT2D eigenvalue weighted by molar-refractivity contribution is -0.139. The molecule has 0 aliphatic carbocycles. The van der Waals surface area contributed by atoms with Crippen LogP contribution in [0.4, 0.5) is 0 Å². The molecule has 3 atom stereocenters. The molecule has 9 nitrogen and oxygen atoms in total. The van der Waals surface area contributed by atoms with E-state index in [4.69, 9.17) is 0 Å². The van der Waals surface area contributed by atoms with Gasteiger partial charge in [-0.15, -0.1) is 0 Å². The number of nitrogens with one attached hydrogen (secondary N) is 4. The minimum absolute atomic E-state index is 0.0282. The largest absolute Gasteiger partial charge is 0.351 e. The Balaban J connectivity index is 1.30. The summed E-state index contributed by atoms with van der Waals surface area (Å²) in [4.78, 5) is 53.6. The van der Waals surface area contributed by atoms with E-state index >= 15 is 0 Å². The molecule has 0 radical (unpaired) electrons. The topological polar surface area (TPSA) is 123 Å². The molecule has 37 heavy (non-hydrogen) atoms. The molecule has 4 aromatic rings. The Morgan fingerprint density at radius 2 is 1.81 bits per heavy atom. The summed E-state index contributed by atoms with van der Waals surface area (Å²) in [6.07, 6.45) is 2.21. The van der Waals surface area contributed by atoms with Gasteiger partial charge in [0.15, 0.2) is 0 Å². The van der Waals surface area contributed by atoms with Gasteiger partial charge >= 0.3 is 0 Å². The van der Waals surface area contributed by atoms with Crippen LogP contribution >= 0.6 is 0 Å². The molecule has 2 bridgehead atoms. The zero-order valence-corrected chi connectivity index (χ0v) is 21.1. The van der Waals surface area contributed by atoms with Gasteiger partial charge in [-0.25, -0.2) is 4.98 Å². The van der Waals surface area contributed by atoms with E-state index in [0.29, 0.717) is 36.5 Å². The minimum Gasteiger partial charge on any atom is -0.351 e. The summed E-state index contributed by atoms with van der Waals surface area (Å²) in [7, 11) is 0. The molecule has 2 aliphatic rings. The highest BCUT2D eigenvalue weighted by Crippen LogP contribution is 2.39. The van der Waals surface area contributed by atoms with E-state index in [-0.39, 0.29) is 23.6 Å². The Morgan fingerprint density at radius 3 is 2.54 bits per heavy atom. The molecule has 3 aromatic heterocycles. The summed E-state index contributed by atoms with van der Waals surface area (Å²) >= 11 is 0. The van der Waals surface area contributed by atoms with E-state index in [0.717, 1.165) is 16.3 Å². The monoisotopic (exact) mass is 498 g/mol. The van der Waals surface area contributed by atoms with Crippen LogP contribution in [-0.2, 0) is 4.79 Å². The van der Waals surface area contributed by atoms with E-state index in [1.165, 1.54) is 0 Å². The Hall–Kier alpha value is -3.98. The van der Waals surface area contributed by atoms with Gasteiger partial charge in [-0.05, 0) is 42.2 Å². The van der Waals surface area contributed by atoms with E-state index < -0.39 is 17.0 Å². The fourth-order valence-electron chi connectivity index (χ4n) is 5.73. The van der Waals surface area contributed by atoms with Crippen molar-refractivity contribution >= 4 is 39.5 Å². The van der Waals surface area contributed by atoms with Gasteiger partial charge in [0.05, 0.1) is 5.69 Å². The van der Waals surface area contributed by atoms with E-state index in [9.17, 15) is 14.4 Å². The third-order valence-corrected chi connectivity index (χ3v) is 7.68. The maximum absolute atomic E-state index is 14.1. The second-order valence-electron chi connectivity index (χ2n) is 11.3. The van der Waals surface area contributed by atoms with Crippen LogP contribution in [0, 0.1) is 5.41 Å². The lowest BCUT2D eigenvalue weighted by Crippen LogP contribution is -2.65. The number of hydrogen-bond donors (Lipinski definition) is 4. The van der Waals surface area contributed by atoms with Gasteiger partial charge in [0.25, 0.3) is 5.91 Å². The number of aromatic nitrogens is 3. The summed E-state index contributed by atoms with van der Waals surface area (Å²) in [6.45, 7) is 6.55. The summed E-state index contributed by atoms with van der Waals surface area (Å²) in [5, 5.41) is 8.13. The molecule has 5 heterocycles. The lowest BCUT2D eigenvalue weighted by Gasteiger charge is -2.42. The normalized spacial score (nSPS) is 22.0. The van der Waals surface area contributed by atoms with E-state index in [1.54, 1.807) is 23.2 Å². The standard InChI is InChI=1S/C28H30N6O3/c1-27(2,3)22(33-25(36)21-11-16-7-4-5-9-19(16)31-21)26(37)34-14-18-13-28(34,15-30-18)23(35)20-12-17-8-6-10-29-24(17)32-20/h4-12,18,22,30-31H,13-15H2,1-3H3,(H,29,32)(H,33,36)/t18-,22+,28-/m0/s1. The molecule has 9 heteroatoms. The number of Topliss-reactive ketones (excluding diaryl/α,β-unsaturated/α-hetero) is 1. The molecule has 190 valence electrons. The van der Waals surface area contributed by atoms with Gasteiger partial charge in [-0.2, -0.15) is 0 Å². The Labute approximate surface area is 214 Å². The number of para-hydroxylation sites is 1. The number of fused-ring (bicyclic) bond motifs is 4. The van der Waals surface area contributed by atoms with Gasteiger partial charge in [-0.3, -0.25) is 14.4 Å². The number of piperazine rings is 1. The highest BCUT2D eigenvalue weighted by atomic mass is 16.2. The van der Waals surface area contributed by atoms with Crippen molar-refractivity contribution < 1.29 is 14.4 Å². The van der Waals surface area contributed by atoms with Crippen molar-refractivity contribution in [1.82, 2.24) is 30.5 Å². The second-order valence-corrected chi connectivity index (χ2v) is 11.3. The first-order valence-electron chi connectivity index (χ1n) is 12.6. The van der Waals surface area contributed by atoms with Crippen LogP contribution in [-0.4, -0.2) is 68.2 Å². The van der Waals surface area contributed by atoms with Crippen LogP contribution in [0.25, 0.3) is 21.9 Å². The average molecular weight is 499 g/mol. The summed E-state index contributed by atoms with van der Waals surface area (Å²) < 4.78 is 0. The number of ketones is 1. The second kappa shape index (κ2) is 8.27. The highest BCUT2D eigenvalue weighted by Gasteiger charge is 2.59. The van der Waals surface area contributed by atoms with Crippen molar-refractivity contribution in [3.05, 3.63) is 66.1 Å². The van der Waals surface area contributed by atoms with Crippen LogP contribution < -0.4 is 10.6 Å². The minimum atomic E-state index is -1.02. The molecule has 0 unspecified atom stereocenters. The summed E-state index contributed by atoms with van der Waals surface area (Å²) in [5.41, 5.74) is 0.723. The molecule has 0 spiro atoms. The van der Waals surface area contributed by atoms with E-state index in [1.807, 2.05) is 57.2 Å². The number of likely N-dealkylation sites (tertiary alicyclic amines) is 1. The Kier molecular flexibility index (Phi) is 5.24. The third kappa shape index (κ3) is 3.81. The summed E-state index contributed by atoms with van der Waals surface area (Å²) in [5.74, 6) is -0.737. The van der Waals surface area contributed by atoms with Crippen molar-refractivity contribution in [2.45, 2.75) is 44.8 Å². The molecule has 2 aliphatic heterocycles. The van der Waals surface area contributed by atoms with Crippen molar-refractivity contribution in [2.75, 3.05) is 13.1 Å². The molecular formula is C28H30N6O3. The quantitative estimate of drug-likeness (QED) is 0.315. The maximum atomic E-state index is 14.1. The lowest BCUT2D eigenvalue weighted by atomic mass is 9.83. The molecule has 6 rings (SSSR count). The van der Waals surface area contributed by atoms with Crippen LogP contribution in [0.3, 0.4) is 0 Å². The van der Waals surface area contributed by atoms with Crippen molar-refractivity contribution in [1.29, 1.82) is 0 Å². The van der Waals surface area contributed by atoms with Crippen LogP contribution in [0.5, 0.6) is 0 Å². The smallest absolute Gasteiger partial charge is 0.268 e. The molecular weight excluding hydrogens is 468 g/mol. The highest BCUT2D eigenvalue weighted by molar-refractivity contribution is 6.08. The third-order valence-electron chi connectivity index (χ3n) is 7.68. The van der Waals surface area contributed by atoms with Gasteiger partial charge in [0.2, 0.25) is 11.7 Å². The Bertz CT molecular complexity index is 1480. The van der Waals surface area contributed by atoms with Gasteiger partial charge in [0, 0.05) is 41.6 Å². The van der Waals surface area contributed by atoms with Crippen LogP contribution in [0.2, 0.25) is 0 Å². The predicted molar refractivity (Wildman–Crippen MR) is 140 cm³/mol. The van der Waals surface area contributed by atoms with Crippen LogP contribution in [0.1, 0.15) is 48.2 Å². The number of aromatic amines is 2. The number of rotatable bonds is 5. The number of benzene rings is 1. The molecule has 1 aromatic carbocycles. The number of pyridine rings is 1. The van der Waals surface area contributed by atoms with Crippen molar-refractivity contribution in [3.63, 3.8) is 0 Å². The fraction of sp³-hybridized carbons (Fsp3) is 0.357.